The van der Waals surface area contributed by atoms with Crippen LogP contribution in [-0.2, 0) is 27.7 Å². The van der Waals surface area contributed by atoms with E-state index in [9.17, 15) is 4.39 Å². The van der Waals surface area contributed by atoms with Gasteiger partial charge in [0.25, 0.3) is 0 Å². The van der Waals surface area contributed by atoms with Gasteiger partial charge in [0.1, 0.15) is 5.82 Å². The molecule has 1 aromatic heterocycles. The van der Waals surface area contributed by atoms with Crippen molar-refractivity contribution in [1.82, 2.24) is 10.3 Å². The molecule has 1 aliphatic carbocycles. The van der Waals surface area contributed by atoms with Crippen LogP contribution in [0.3, 0.4) is 0 Å². The fourth-order valence-corrected chi connectivity index (χ4v) is 5.75. The zero-order valence-corrected chi connectivity index (χ0v) is 18.8. The minimum absolute atomic E-state index is 0. The number of fused-ring (bicyclic) bond motifs is 1. The van der Waals surface area contributed by atoms with Crippen molar-refractivity contribution in [3.8, 4) is 0 Å². The second-order valence-electron chi connectivity index (χ2n) is 9.29. The second kappa shape index (κ2) is 9.53. The third kappa shape index (κ3) is 4.80. The number of aromatic nitrogens is 1. The Bertz CT molecular complexity index is 842. The lowest BCUT2D eigenvalue weighted by atomic mass is 9.66. The van der Waals surface area contributed by atoms with Gasteiger partial charge in [0.15, 0.2) is 0 Å². The second-order valence-corrected chi connectivity index (χ2v) is 9.29. The van der Waals surface area contributed by atoms with E-state index in [-0.39, 0.29) is 29.2 Å². The summed E-state index contributed by atoms with van der Waals surface area (Å²) in [4.78, 5) is 4.55. The molecule has 31 heavy (non-hydrogen) atoms. The lowest BCUT2D eigenvalue weighted by molar-refractivity contribution is -0.154. The number of rotatable bonds is 5. The van der Waals surface area contributed by atoms with Crippen LogP contribution < -0.4 is 5.32 Å². The van der Waals surface area contributed by atoms with E-state index in [0.29, 0.717) is 6.04 Å². The summed E-state index contributed by atoms with van der Waals surface area (Å²) in [6.07, 6.45) is 8.29. The zero-order valence-electron chi connectivity index (χ0n) is 17.9. The Morgan fingerprint density at radius 2 is 1.74 bits per heavy atom. The maximum absolute atomic E-state index is 13.6. The van der Waals surface area contributed by atoms with Crippen LogP contribution in [0.25, 0.3) is 0 Å². The summed E-state index contributed by atoms with van der Waals surface area (Å²) in [5, 5.41) is 3.81. The summed E-state index contributed by atoms with van der Waals surface area (Å²) in [5.41, 5.74) is 3.74. The van der Waals surface area contributed by atoms with Gasteiger partial charge in [0.05, 0.1) is 11.8 Å². The summed E-state index contributed by atoms with van der Waals surface area (Å²) in [6.45, 7) is 3.18. The van der Waals surface area contributed by atoms with Crippen molar-refractivity contribution >= 4 is 12.4 Å². The number of pyridine rings is 1. The van der Waals surface area contributed by atoms with Gasteiger partial charge in [-0.1, -0.05) is 24.3 Å². The van der Waals surface area contributed by atoms with E-state index in [1.54, 1.807) is 6.07 Å². The van der Waals surface area contributed by atoms with Gasteiger partial charge < -0.3 is 14.8 Å². The quantitative estimate of drug-likeness (QED) is 0.739. The van der Waals surface area contributed by atoms with Crippen LogP contribution in [-0.4, -0.2) is 43.0 Å². The Hall–Kier alpha value is -1.53. The van der Waals surface area contributed by atoms with Crippen LogP contribution in [0.5, 0.6) is 0 Å². The molecule has 1 N–H and O–H groups in total. The summed E-state index contributed by atoms with van der Waals surface area (Å²) in [7, 11) is 0. The maximum Gasteiger partial charge on any atom is 0.141 e. The highest BCUT2D eigenvalue weighted by atomic mass is 35.5. The Balaban J connectivity index is 0.00000231. The van der Waals surface area contributed by atoms with Gasteiger partial charge in [-0.3, -0.25) is 4.98 Å². The highest BCUT2D eigenvalue weighted by Crippen LogP contribution is 2.47. The molecule has 3 aliphatic rings. The summed E-state index contributed by atoms with van der Waals surface area (Å²) in [6, 6.07) is 12.7. The largest absolute Gasteiger partial charge is 0.381 e. The van der Waals surface area contributed by atoms with E-state index in [1.807, 2.05) is 6.07 Å². The number of ether oxygens (including phenoxy) is 2. The van der Waals surface area contributed by atoms with Gasteiger partial charge in [0.2, 0.25) is 0 Å². The standard InChI is InChI=1S/C25H31FN2O2.ClH/c26-21-5-6-23(28-17-21)24(8-14-30-25(18-24)9-12-29-13-10-25)7-11-27-22-15-19-3-1-2-4-20(19)16-22;/h1-6,17,22,27H,7-16,18H2;1H/t24-;/m1./s1. The zero-order chi connectivity index (χ0) is 20.4. The minimum atomic E-state index is -0.274. The van der Waals surface area contributed by atoms with Crippen molar-refractivity contribution in [3.63, 3.8) is 0 Å². The summed E-state index contributed by atoms with van der Waals surface area (Å²) in [5.74, 6) is -0.274. The predicted octanol–water partition coefficient (Wildman–Crippen LogP) is 4.39. The smallest absolute Gasteiger partial charge is 0.141 e. The van der Waals surface area contributed by atoms with Gasteiger partial charge in [0, 0.05) is 37.0 Å². The van der Waals surface area contributed by atoms with Gasteiger partial charge in [-0.2, -0.15) is 0 Å². The molecule has 1 atom stereocenters. The highest BCUT2D eigenvalue weighted by Gasteiger charge is 2.48. The van der Waals surface area contributed by atoms with Crippen LogP contribution >= 0.6 is 12.4 Å². The Labute approximate surface area is 190 Å². The average molecular weight is 447 g/mol. The van der Waals surface area contributed by atoms with Gasteiger partial charge in [-0.25, -0.2) is 4.39 Å². The molecule has 0 unspecified atom stereocenters. The first-order chi connectivity index (χ1) is 14.7. The molecule has 2 aromatic rings. The van der Waals surface area contributed by atoms with Crippen LogP contribution in [0, 0.1) is 5.82 Å². The summed E-state index contributed by atoms with van der Waals surface area (Å²) >= 11 is 0. The van der Waals surface area contributed by atoms with Crippen LogP contribution in [0.1, 0.15) is 48.9 Å². The molecule has 168 valence electrons. The van der Waals surface area contributed by atoms with Crippen LogP contribution in [0.4, 0.5) is 4.39 Å². The summed E-state index contributed by atoms with van der Waals surface area (Å²) < 4.78 is 25.5. The van der Waals surface area contributed by atoms with Crippen molar-refractivity contribution in [2.75, 3.05) is 26.4 Å². The normalized spacial score (nSPS) is 25.2. The molecule has 0 amide bonds. The Morgan fingerprint density at radius 1 is 1.00 bits per heavy atom. The SMILES string of the molecule is Cl.Fc1ccc([C@]2(CCNC3Cc4ccccc4C3)CCOC3(CCOCC3)C2)nc1. The van der Waals surface area contributed by atoms with Gasteiger partial charge in [-0.15, -0.1) is 12.4 Å². The fraction of sp³-hybridized carbons (Fsp3) is 0.560. The topological polar surface area (TPSA) is 43.4 Å². The van der Waals surface area contributed by atoms with E-state index in [4.69, 9.17) is 9.47 Å². The lowest BCUT2D eigenvalue weighted by Gasteiger charge is -2.49. The maximum atomic E-state index is 13.6. The number of hydrogen-bond acceptors (Lipinski definition) is 4. The van der Waals surface area contributed by atoms with E-state index < -0.39 is 0 Å². The number of benzene rings is 1. The number of halogens is 2. The molecule has 2 aliphatic heterocycles. The van der Waals surface area contributed by atoms with Crippen LogP contribution in [0.2, 0.25) is 0 Å². The molecule has 1 aromatic carbocycles. The van der Waals surface area contributed by atoms with Crippen LogP contribution in [0.15, 0.2) is 42.6 Å². The van der Waals surface area contributed by atoms with Crippen molar-refractivity contribution in [2.45, 2.75) is 62.0 Å². The number of nitrogens with one attached hydrogen (secondary N) is 1. The molecule has 4 nitrogen and oxygen atoms in total. The van der Waals surface area contributed by atoms with Gasteiger partial charge >= 0.3 is 0 Å². The fourth-order valence-electron chi connectivity index (χ4n) is 5.75. The number of nitrogens with zero attached hydrogens (tertiary/aromatic N) is 1. The Kier molecular flexibility index (Phi) is 6.97. The monoisotopic (exact) mass is 446 g/mol. The molecule has 5 rings (SSSR count). The van der Waals surface area contributed by atoms with E-state index in [2.05, 4.69) is 34.6 Å². The minimum Gasteiger partial charge on any atom is -0.381 e. The molecule has 0 radical (unpaired) electrons. The first-order valence-corrected chi connectivity index (χ1v) is 11.3. The third-order valence-electron chi connectivity index (χ3n) is 7.41. The number of hydrogen-bond donors (Lipinski definition) is 1. The van der Waals surface area contributed by atoms with E-state index in [1.165, 1.54) is 17.3 Å². The highest BCUT2D eigenvalue weighted by molar-refractivity contribution is 5.85. The Morgan fingerprint density at radius 3 is 2.42 bits per heavy atom. The van der Waals surface area contributed by atoms with E-state index in [0.717, 1.165) is 77.0 Å². The first kappa shape index (κ1) is 22.7. The molecule has 3 heterocycles. The molecule has 0 bridgehead atoms. The van der Waals surface area contributed by atoms with Crippen molar-refractivity contribution in [1.29, 1.82) is 0 Å². The van der Waals surface area contributed by atoms with Crippen molar-refractivity contribution < 1.29 is 13.9 Å². The molecule has 2 saturated heterocycles. The van der Waals surface area contributed by atoms with Crippen molar-refractivity contribution in [2.24, 2.45) is 0 Å². The molecule has 2 fully saturated rings. The molecule has 0 saturated carbocycles. The lowest BCUT2D eigenvalue weighted by Crippen LogP contribution is -2.51. The van der Waals surface area contributed by atoms with Crippen molar-refractivity contribution in [3.05, 3.63) is 65.2 Å². The third-order valence-corrected chi connectivity index (χ3v) is 7.41. The molecular weight excluding hydrogens is 415 g/mol. The van der Waals surface area contributed by atoms with Gasteiger partial charge in [-0.05, 0) is 74.8 Å². The molecular formula is C25H32ClFN2O2. The average Bonchev–Trinajstić information content (AvgIpc) is 3.18. The van der Waals surface area contributed by atoms with E-state index >= 15 is 0 Å². The predicted molar refractivity (Wildman–Crippen MR) is 121 cm³/mol. The molecule has 6 heteroatoms. The first-order valence-electron chi connectivity index (χ1n) is 11.3. The molecule has 1 spiro atoms.